The lowest BCUT2D eigenvalue weighted by atomic mass is 10.1. The molecule has 2 aromatic carbocycles. The lowest BCUT2D eigenvalue weighted by molar-refractivity contribution is 0.101. The van der Waals surface area contributed by atoms with Gasteiger partial charge in [-0.05, 0) is 31.2 Å². The molecule has 20 heavy (non-hydrogen) atoms. The number of methoxy groups -OCH3 is 2. The number of para-hydroxylation sites is 1. The molecule has 104 valence electrons. The molecule has 0 aliphatic heterocycles. The van der Waals surface area contributed by atoms with Gasteiger partial charge in [-0.3, -0.25) is 4.79 Å². The molecule has 0 atom stereocenters. The standard InChI is InChI=1S/C16H17NO3/c1-11(18)13-6-4-5-7-14(13)17-15-9-8-12(19-2)10-16(15)20-3/h4-10,17H,1-3H3. The fraction of sp³-hybridized carbons (Fsp3) is 0.188. The third-order valence-electron chi connectivity index (χ3n) is 2.98. The summed E-state index contributed by atoms with van der Waals surface area (Å²) in [6.45, 7) is 1.55. The summed E-state index contributed by atoms with van der Waals surface area (Å²) in [7, 11) is 3.20. The number of hydrogen-bond donors (Lipinski definition) is 1. The van der Waals surface area contributed by atoms with E-state index in [1.807, 2.05) is 30.3 Å². The maximum absolute atomic E-state index is 11.6. The number of nitrogens with one attached hydrogen (secondary N) is 1. The number of ketones is 1. The van der Waals surface area contributed by atoms with Crippen molar-refractivity contribution in [2.24, 2.45) is 0 Å². The first-order valence-corrected chi connectivity index (χ1v) is 6.24. The SMILES string of the molecule is COc1ccc(Nc2ccccc2C(C)=O)c(OC)c1. The zero-order valence-electron chi connectivity index (χ0n) is 11.8. The molecular formula is C16H17NO3. The first-order valence-electron chi connectivity index (χ1n) is 6.24. The maximum atomic E-state index is 11.6. The number of carbonyl (C=O) groups excluding carboxylic acids is 1. The molecule has 0 aliphatic rings. The number of Topliss-reactive ketones (excluding diaryl/α,β-unsaturated/α-hetero) is 1. The van der Waals surface area contributed by atoms with Crippen molar-refractivity contribution in [3.8, 4) is 11.5 Å². The summed E-state index contributed by atoms with van der Waals surface area (Å²) in [5, 5.41) is 3.22. The van der Waals surface area contributed by atoms with Gasteiger partial charge in [-0.1, -0.05) is 12.1 Å². The van der Waals surface area contributed by atoms with Crippen LogP contribution < -0.4 is 14.8 Å². The van der Waals surface area contributed by atoms with Crippen LogP contribution in [0, 0.1) is 0 Å². The summed E-state index contributed by atoms with van der Waals surface area (Å²) >= 11 is 0. The molecular weight excluding hydrogens is 254 g/mol. The Hall–Kier alpha value is -2.49. The molecule has 0 saturated heterocycles. The second-order valence-corrected chi connectivity index (χ2v) is 4.29. The topological polar surface area (TPSA) is 47.6 Å². The summed E-state index contributed by atoms with van der Waals surface area (Å²) in [5.74, 6) is 1.38. The second-order valence-electron chi connectivity index (χ2n) is 4.29. The van der Waals surface area contributed by atoms with Crippen LogP contribution in [0.15, 0.2) is 42.5 Å². The Bertz CT molecular complexity index is 623. The number of rotatable bonds is 5. The highest BCUT2D eigenvalue weighted by Gasteiger charge is 2.10. The Morgan fingerprint density at radius 3 is 2.40 bits per heavy atom. The minimum absolute atomic E-state index is 0.0144. The number of anilines is 2. The molecule has 0 aromatic heterocycles. The smallest absolute Gasteiger partial charge is 0.161 e. The Kier molecular flexibility index (Phi) is 4.25. The van der Waals surface area contributed by atoms with Crippen molar-refractivity contribution in [3.05, 3.63) is 48.0 Å². The van der Waals surface area contributed by atoms with Crippen LogP contribution in [-0.2, 0) is 0 Å². The van der Waals surface area contributed by atoms with Gasteiger partial charge in [0, 0.05) is 17.3 Å². The average molecular weight is 271 g/mol. The summed E-state index contributed by atoms with van der Waals surface area (Å²) in [6.07, 6.45) is 0. The van der Waals surface area contributed by atoms with Gasteiger partial charge in [-0.15, -0.1) is 0 Å². The van der Waals surface area contributed by atoms with E-state index in [0.717, 1.165) is 11.4 Å². The first kappa shape index (κ1) is 13.9. The van der Waals surface area contributed by atoms with E-state index in [1.165, 1.54) is 0 Å². The normalized spacial score (nSPS) is 9.95. The Labute approximate surface area is 118 Å². The molecule has 0 radical (unpaired) electrons. The second kappa shape index (κ2) is 6.10. The highest BCUT2D eigenvalue weighted by molar-refractivity contribution is 6.00. The molecule has 1 N–H and O–H groups in total. The molecule has 2 aromatic rings. The van der Waals surface area contributed by atoms with Gasteiger partial charge in [0.25, 0.3) is 0 Å². The van der Waals surface area contributed by atoms with E-state index in [4.69, 9.17) is 9.47 Å². The predicted molar refractivity (Wildman–Crippen MR) is 79.3 cm³/mol. The molecule has 0 bridgehead atoms. The lowest BCUT2D eigenvalue weighted by Crippen LogP contribution is -2.01. The number of benzene rings is 2. The van der Waals surface area contributed by atoms with Gasteiger partial charge in [0.15, 0.2) is 5.78 Å². The lowest BCUT2D eigenvalue weighted by Gasteiger charge is -2.14. The summed E-state index contributed by atoms with van der Waals surface area (Å²) < 4.78 is 10.5. The Morgan fingerprint density at radius 1 is 1.00 bits per heavy atom. The van der Waals surface area contributed by atoms with Crippen molar-refractivity contribution >= 4 is 17.2 Å². The first-order chi connectivity index (χ1) is 9.65. The van der Waals surface area contributed by atoms with E-state index < -0.39 is 0 Å². The third kappa shape index (κ3) is 2.91. The van der Waals surface area contributed by atoms with E-state index in [2.05, 4.69) is 5.32 Å². The van der Waals surface area contributed by atoms with Crippen molar-refractivity contribution in [2.75, 3.05) is 19.5 Å². The van der Waals surface area contributed by atoms with E-state index in [1.54, 1.807) is 33.3 Å². The summed E-state index contributed by atoms with van der Waals surface area (Å²) in [6, 6.07) is 12.9. The minimum atomic E-state index is 0.0144. The number of hydrogen-bond acceptors (Lipinski definition) is 4. The van der Waals surface area contributed by atoms with Crippen molar-refractivity contribution < 1.29 is 14.3 Å². The van der Waals surface area contributed by atoms with Crippen LogP contribution >= 0.6 is 0 Å². The highest BCUT2D eigenvalue weighted by atomic mass is 16.5. The van der Waals surface area contributed by atoms with Crippen molar-refractivity contribution in [1.82, 2.24) is 0 Å². The van der Waals surface area contributed by atoms with Gasteiger partial charge < -0.3 is 14.8 Å². The Balaban J connectivity index is 2.37. The van der Waals surface area contributed by atoms with E-state index in [-0.39, 0.29) is 5.78 Å². The molecule has 2 rings (SSSR count). The number of carbonyl (C=O) groups is 1. The molecule has 0 unspecified atom stereocenters. The van der Waals surface area contributed by atoms with Crippen LogP contribution in [0.25, 0.3) is 0 Å². The van der Waals surface area contributed by atoms with Gasteiger partial charge in [0.05, 0.1) is 19.9 Å². The minimum Gasteiger partial charge on any atom is -0.497 e. The predicted octanol–water partition coefficient (Wildman–Crippen LogP) is 3.65. The molecule has 0 saturated carbocycles. The monoisotopic (exact) mass is 271 g/mol. The molecule has 4 heteroatoms. The average Bonchev–Trinajstić information content (AvgIpc) is 2.48. The van der Waals surface area contributed by atoms with Crippen LogP contribution in [-0.4, -0.2) is 20.0 Å². The van der Waals surface area contributed by atoms with Gasteiger partial charge in [-0.2, -0.15) is 0 Å². The molecule has 0 amide bonds. The van der Waals surface area contributed by atoms with Gasteiger partial charge >= 0.3 is 0 Å². The van der Waals surface area contributed by atoms with Gasteiger partial charge in [-0.25, -0.2) is 0 Å². The third-order valence-corrected chi connectivity index (χ3v) is 2.98. The van der Waals surface area contributed by atoms with Crippen LogP contribution in [0.1, 0.15) is 17.3 Å². The zero-order valence-corrected chi connectivity index (χ0v) is 11.8. The number of ether oxygens (including phenoxy) is 2. The van der Waals surface area contributed by atoms with Crippen LogP contribution in [0.5, 0.6) is 11.5 Å². The fourth-order valence-electron chi connectivity index (χ4n) is 1.95. The van der Waals surface area contributed by atoms with Crippen LogP contribution in [0.3, 0.4) is 0 Å². The molecule has 0 fully saturated rings. The van der Waals surface area contributed by atoms with Gasteiger partial charge in [0.1, 0.15) is 11.5 Å². The molecule has 0 aliphatic carbocycles. The van der Waals surface area contributed by atoms with Crippen LogP contribution in [0.4, 0.5) is 11.4 Å². The van der Waals surface area contributed by atoms with E-state index >= 15 is 0 Å². The van der Waals surface area contributed by atoms with Gasteiger partial charge in [0.2, 0.25) is 0 Å². The highest BCUT2D eigenvalue weighted by Crippen LogP contribution is 2.32. The Morgan fingerprint density at radius 2 is 1.75 bits per heavy atom. The zero-order chi connectivity index (χ0) is 14.5. The van der Waals surface area contributed by atoms with Crippen molar-refractivity contribution in [2.45, 2.75) is 6.92 Å². The quantitative estimate of drug-likeness (QED) is 0.843. The largest absolute Gasteiger partial charge is 0.497 e. The van der Waals surface area contributed by atoms with Crippen molar-refractivity contribution in [1.29, 1.82) is 0 Å². The molecule has 0 heterocycles. The maximum Gasteiger partial charge on any atom is 0.161 e. The fourth-order valence-corrected chi connectivity index (χ4v) is 1.95. The van der Waals surface area contributed by atoms with Crippen LogP contribution in [0.2, 0.25) is 0 Å². The summed E-state index contributed by atoms with van der Waals surface area (Å²) in [5.41, 5.74) is 2.18. The summed E-state index contributed by atoms with van der Waals surface area (Å²) in [4.78, 5) is 11.6. The van der Waals surface area contributed by atoms with E-state index in [9.17, 15) is 4.79 Å². The van der Waals surface area contributed by atoms with Crippen molar-refractivity contribution in [3.63, 3.8) is 0 Å². The molecule has 0 spiro atoms. The molecule has 4 nitrogen and oxygen atoms in total. The van der Waals surface area contributed by atoms with E-state index in [0.29, 0.717) is 17.1 Å².